The van der Waals surface area contributed by atoms with Crippen LogP contribution in [0.4, 0.5) is 0 Å². The molecule has 0 aliphatic rings. The molecule has 2 atom stereocenters. The van der Waals surface area contributed by atoms with Crippen molar-refractivity contribution >= 4 is 5.91 Å². The lowest BCUT2D eigenvalue weighted by molar-refractivity contribution is -0.122. The van der Waals surface area contributed by atoms with Gasteiger partial charge in [0, 0.05) is 5.69 Å². The molecule has 112 valence electrons. The highest BCUT2D eigenvalue weighted by atomic mass is 16.2. The van der Waals surface area contributed by atoms with Crippen LogP contribution in [0.5, 0.6) is 0 Å². The quantitative estimate of drug-likeness (QED) is 0.903. The Bertz CT molecular complexity index is 628. The molecule has 0 radical (unpaired) electrons. The van der Waals surface area contributed by atoms with Crippen LogP contribution in [0.25, 0.3) is 5.69 Å². The number of amides is 1. The third-order valence-electron chi connectivity index (χ3n) is 3.42. The first-order chi connectivity index (χ1) is 9.88. The molecule has 0 fully saturated rings. The Hall–Kier alpha value is -2.14. The lowest BCUT2D eigenvalue weighted by Crippen LogP contribution is -2.39. The number of aryl methyl sites for hydroxylation is 2. The summed E-state index contributed by atoms with van der Waals surface area (Å²) in [4.78, 5) is 11.6. The number of nitrogens with two attached hydrogens (primary N) is 1. The van der Waals surface area contributed by atoms with Gasteiger partial charge in [0.1, 0.15) is 0 Å². The van der Waals surface area contributed by atoms with Gasteiger partial charge in [-0.3, -0.25) is 4.79 Å². The molecule has 0 saturated heterocycles. The average molecular weight is 286 g/mol. The number of benzene rings is 1. The molecule has 1 aromatic heterocycles. The topological polar surface area (TPSA) is 72.9 Å². The van der Waals surface area contributed by atoms with Gasteiger partial charge in [-0.05, 0) is 51.5 Å². The molecule has 1 amide bonds. The summed E-state index contributed by atoms with van der Waals surface area (Å²) in [5, 5.41) is 7.34. The monoisotopic (exact) mass is 286 g/mol. The second-order valence-corrected chi connectivity index (χ2v) is 5.45. The predicted octanol–water partition coefficient (Wildman–Crippen LogP) is 2.01. The van der Waals surface area contributed by atoms with Gasteiger partial charge in [-0.1, -0.05) is 12.1 Å². The minimum absolute atomic E-state index is 0.0713. The largest absolute Gasteiger partial charge is 0.348 e. The second-order valence-electron chi connectivity index (χ2n) is 5.45. The average Bonchev–Trinajstić information content (AvgIpc) is 2.77. The van der Waals surface area contributed by atoms with Crippen molar-refractivity contribution in [2.45, 2.75) is 39.8 Å². The summed E-state index contributed by atoms with van der Waals surface area (Å²) in [6, 6.07) is 9.47. The third kappa shape index (κ3) is 3.49. The van der Waals surface area contributed by atoms with Crippen molar-refractivity contribution in [2.24, 2.45) is 5.73 Å². The Morgan fingerprint density at radius 3 is 2.33 bits per heavy atom. The maximum atomic E-state index is 11.6. The van der Waals surface area contributed by atoms with Crippen LogP contribution >= 0.6 is 0 Å². The zero-order valence-electron chi connectivity index (χ0n) is 12.9. The van der Waals surface area contributed by atoms with Crippen molar-refractivity contribution < 1.29 is 4.79 Å². The lowest BCUT2D eigenvalue weighted by atomic mass is 10.1. The molecule has 1 aromatic carbocycles. The van der Waals surface area contributed by atoms with Crippen molar-refractivity contribution in [3.05, 3.63) is 47.3 Å². The molecule has 5 heteroatoms. The number of carbonyl (C=O) groups is 1. The van der Waals surface area contributed by atoms with Crippen molar-refractivity contribution in [3.63, 3.8) is 0 Å². The lowest BCUT2D eigenvalue weighted by Gasteiger charge is -2.16. The van der Waals surface area contributed by atoms with Gasteiger partial charge in [0.05, 0.1) is 23.5 Å². The second kappa shape index (κ2) is 6.10. The van der Waals surface area contributed by atoms with Crippen LogP contribution in [-0.4, -0.2) is 21.7 Å². The molecular formula is C16H22N4O. The normalized spacial score (nSPS) is 13.8. The number of aromatic nitrogens is 2. The van der Waals surface area contributed by atoms with Gasteiger partial charge in [0.15, 0.2) is 0 Å². The molecule has 2 aromatic rings. The van der Waals surface area contributed by atoms with Crippen LogP contribution in [0.3, 0.4) is 0 Å². The van der Waals surface area contributed by atoms with Crippen molar-refractivity contribution in [1.29, 1.82) is 0 Å². The van der Waals surface area contributed by atoms with E-state index in [0.29, 0.717) is 0 Å². The van der Waals surface area contributed by atoms with Crippen molar-refractivity contribution in [2.75, 3.05) is 0 Å². The van der Waals surface area contributed by atoms with Gasteiger partial charge in [-0.25, -0.2) is 4.68 Å². The number of carbonyl (C=O) groups excluding carboxylic acids is 1. The molecule has 0 bridgehead atoms. The predicted molar refractivity (Wildman–Crippen MR) is 83.2 cm³/mol. The Labute approximate surface area is 125 Å². The zero-order chi connectivity index (χ0) is 15.6. The van der Waals surface area contributed by atoms with Crippen molar-refractivity contribution in [3.8, 4) is 5.69 Å². The van der Waals surface area contributed by atoms with E-state index in [0.717, 1.165) is 22.6 Å². The van der Waals surface area contributed by atoms with Gasteiger partial charge in [0.2, 0.25) is 5.91 Å². The van der Waals surface area contributed by atoms with E-state index in [-0.39, 0.29) is 11.9 Å². The van der Waals surface area contributed by atoms with Gasteiger partial charge >= 0.3 is 0 Å². The molecule has 0 aliphatic heterocycles. The van der Waals surface area contributed by atoms with E-state index in [2.05, 4.69) is 10.4 Å². The zero-order valence-corrected chi connectivity index (χ0v) is 12.9. The standard InChI is InChI=1S/C16H22N4O/c1-10-9-11(2)20(19-10)15-7-5-14(6-8-15)13(4)18-16(21)12(3)17/h5-9,12-13H,17H2,1-4H3,(H,18,21)/t12-,13?/m1/s1. The number of rotatable bonds is 4. The fraction of sp³-hybridized carbons (Fsp3) is 0.375. The van der Waals surface area contributed by atoms with Crippen molar-refractivity contribution in [1.82, 2.24) is 15.1 Å². The molecule has 3 N–H and O–H groups in total. The Kier molecular flexibility index (Phi) is 4.43. The smallest absolute Gasteiger partial charge is 0.237 e. The Balaban J connectivity index is 2.15. The van der Waals surface area contributed by atoms with Gasteiger partial charge < -0.3 is 11.1 Å². The van der Waals surface area contributed by atoms with Crippen LogP contribution in [0, 0.1) is 13.8 Å². The van der Waals surface area contributed by atoms with E-state index in [9.17, 15) is 4.79 Å². The summed E-state index contributed by atoms with van der Waals surface area (Å²) in [6.45, 7) is 7.62. The first kappa shape index (κ1) is 15.3. The molecule has 2 rings (SSSR count). The Morgan fingerprint density at radius 2 is 1.86 bits per heavy atom. The van der Waals surface area contributed by atoms with Gasteiger partial charge in [0.25, 0.3) is 0 Å². The Morgan fingerprint density at radius 1 is 1.24 bits per heavy atom. The number of hydrogen-bond acceptors (Lipinski definition) is 3. The minimum Gasteiger partial charge on any atom is -0.348 e. The third-order valence-corrected chi connectivity index (χ3v) is 3.42. The summed E-state index contributed by atoms with van der Waals surface area (Å²) < 4.78 is 1.91. The molecule has 21 heavy (non-hydrogen) atoms. The number of hydrogen-bond donors (Lipinski definition) is 2. The molecule has 0 aliphatic carbocycles. The van der Waals surface area contributed by atoms with E-state index in [1.54, 1.807) is 6.92 Å². The highest BCUT2D eigenvalue weighted by Gasteiger charge is 2.13. The minimum atomic E-state index is -0.499. The van der Waals surface area contributed by atoms with Gasteiger partial charge in [-0.2, -0.15) is 5.10 Å². The first-order valence-electron chi connectivity index (χ1n) is 7.08. The van der Waals surface area contributed by atoms with E-state index in [1.807, 2.05) is 55.8 Å². The summed E-state index contributed by atoms with van der Waals surface area (Å²) in [6.07, 6.45) is 0. The maximum absolute atomic E-state index is 11.6. The van der Waals surface area contributed by atoms with E-state index in [4.69, 9.17) is 5.73 Å². The van der Waals surface area contributed by atoms with Crippen LogP contribution in [0.2, 0.25) is 0 Å². The van der Waals surface area contributed by atoms with Gasteiger partial charge in [-0.15, -0.1) is 0 Å². The molecule has 1 unspecified atom stereocenters. The molecular weight excluding hydrogens is 264 g/mol. The van der Waals surface area contributed by atoms with Crippen LogP contribution in [-0.2, 0) is 4.79 Å². The first-order valence-corrected chi connectivity index (χ1v) is 7.08. The molecule has 5 nitrogen and oxygen atoms in total. The number of nitrogens with one attached hydrogen (secondary N) is 1. The maximum Gasteiger partial charge on any atom is 0.237 e. The van der Waals surface area contributed by atoms with Crippen LogP contribution < -0.4 is 11.1 Å². The van der Waals surface area contributed by atoms with E-state index < -0.39 is 6.04 Å². The van der Waals surface area contributed by atoms with Crippen LogP contribution in [0.1, 0.15) is 36.8 Å². The molecule has 1 heterocycles. The van der Waals surface area contributed by atoms with E-state index in [1.165, 1.54) is 0 Å². The van der Waals surface area contributed by atoms with E-state index >= 15 is 0 Å². The number of nitrogens with zero attached hydrogens (tertiary/aromatic N) is 2. The fourth-order valence-corrected chi connectivity index (χ4v) is 2.22. The van der Waals surface area contributed by atoms with Crippen LogP contribution in [0.15, 0.2) is 30.3 Å². The SMILES string of the molecule is Cc1cc(C)n(-c2ccc(C(C)NC(=O)[C@@H](C)N)cc2)n1. The summed E-state index contributed by atoms with van der Waals surface area (Å²) in [5.41, 5.74) is 9.69. The summed E-state index contributed by atoms with van der Waals surface area (Å²) >= 11 is 0. The summed E-state index contributed by atoms with van der Waals surface area (Å²) in [7, 11) is 0. The highest BCUT2D eigenvalue weighted by Crippen LogP contribution is 2.17. The molecule has 0 saturated carbocycles. The fourth-order valence-electron chi connectivity index (χ4n) is 2.22. The highest BCUT2D eigenvalue weighted by molar-refractivity contribution is 5.81. The summed E-state index contributed by atoms with van der Waals surface area (Å²) in [5.74, 6) is -0.148. The molecule has 0 spiro atoms.